The summed E-state index contributed by atoms with van der Waals surface area (Å²) in [6.07, 6.45) is 8.45. The highest BCUT2D eigenvalue weighted by Gasteiger charge is 2.19. The third kappa shape index (κ3) is 10.7. The van der Waals surface area contributed by atoms with Crippen molar-refractivity contribution in [2.45, 2.75) is 70.8 Å². The van der Waals surface area contributed by atoms with Crippen molar-refractivity contribution in [2.24, 2.45) is 4.99 Å². The zero-order valence-electron chi connectivity index (χ0n) is 11.8. The molecule has 1 unspecified atom stereocenters. The second kappa shape index (κ2) is 9.29. The second-order valence-corrected chi connectivity index (χ2v) is 14.8. The predicted molar refractivity (Wildman–Crippen MR) is 82.5 cm³/mol. The van der Waals surface area contributed by atoms with Crippen molar-refractivity contribution in [1.82, 2.24) is 0 Å². The van der Waals surface area contributed by atoms with Gasteiger partial charge in [-0.3, -0.25) is 4.99 Å². The molecule has 0 N–H and O–H groups in total. The summed E-state index contributed by atoms with van der Waals surface area (Å²) in [6.45, 7) is 12.8. The van der Waals surface area contributed by atoms with E-state index < -0.39 is 7.22 Å². The molecule has 0 aromatic rings. The van der Waals surface area contributed by atoms with Crippen molar-refractivity contribution in [3.63, 3.8) is 0 Å². The van der Waals surface area contributed by atoms with Crippen molar-refractivity contribution in [2.75, 3.05) is 6.54 Å². The van der Waals surface area contributed by atoms with E-state index in [2.05, 4.69) is 55.9 Å². The monoisotopic (exact) mass is 259 g/mol. The van der Waals surface area contributed by atoms with Gasteiger partial charge in [0.1, 0.15) is 7.22 Å². The Morgan fingerprint density at radius 3 is 2.38 bits per heavy atom. The zero-order valence-corrected chi connectivity index (χ0v) is 13.6. The third-order valence-corrected chi connectivity index (χ3v) is 6.80. The minimum absolute atomic E-state index is 0.759. The lowest BCUT2D eigenvalue weighted by Gasteiger charge is -2.22. The first kappa shape index (κ1) is 16.2. The zero-order chi connectivity index (χ0) is 12.4. The summed E-state index contributed by atoms with van der Waals surface area (Å²) in [5.74, 6) is 0. The van der Waals surface area contributed by atoms with Gasteiger partial charge in [-0.05, 0) is 25.5 Å². The van der Waals surface area contributed by atoms with Gasteiger partial charge < -0.3 is 0 Å². The summed E-state index contributed by atoms with van der Waals surface area (Å²) in [5, 5.41) is 0.759. The number of unbranched alkanes of at least 4 members (excludes halogenated alkanes) is 2. The molecule has 0 bridgehead atoms. The largest absolute Gasteiger partial charge is 0.296 e. The fraction of sp³-hybridized carbons (Fsp3) is 0.923. The molecule has 0 fully saturated rings. The molecule has 1 atom stereocenters. The van der Waals surface area contributed by atoms with E-state index in [0.717, 1.165) is 18.2 Å². The average Bonchev–Trinajstić information content (AvgIpc) is 2.15. The summed E-state index contributed by atoms with van der Waals surface area (Å²) >= 11 is 2.22. The van der Waals surface area contributed by atoms with E-state index in [1.54, 1.807) is 0 Å². The van der Waals surface area contributed by atoms with E-state index in [0.29, 0.717) is 0 Å². The van der Waals surface area contributed by atoms with Crippen molar-refractivity contribution in [3.8, 4) is 0 Å². The fourth-order valence-electron chi connectivity index (χ4n) is 1.59. The molecule has 0 aliphatic heterocycles. The normalized spacial score (nSPS) is 14.6. The smallest absolute Gasteiger partial charge is 0.108 e. The van der Waals surface area contributed by atoms with E-state index in [-0.39, 0.29) is 0 Å². The second-order valence-electron chi connectivity index (χ2n) is 5.33. The lowest BCUT2D eigenvalue weighted by atomic mass is 10.2. The van der Waals surface area contributed by atoms with E-state index >= 15 is 0 Å². The highest BCUT2D eigenvalue weighted by atomic mass is 32.4. The van der Waals surface area contributed by atoms with Gasteiger partial charge in [0.15, 0.2) is 0 Å². The number of hydrogen-bond acceptors (Lipinski definition) is 2. The van der Waals surface area contributed by atoms with Crippen LogP contribution in [0.25, 0.3) is 0 Å². The van der Waals surface area contributed by atoms with E-state index in [1.165, 1.54) is 25.7 Å². The predicted octanol–water partition coefficient (Wildman–Crippen LogP) is 4.98. The van der Waals surface area contributed by atoms with Crippen LogP contribution in [0.5, 0.6) is 0 Å². The van der Waals surface area contributed by atoms with Gasteiger partial charge >= 0.3 is 0 Å². The first-order chi connectivity index (χ1) is 7.49. The van der Waals surface area contributed by atoms with Gasteiger partial charge in [-0.1, -0.05) is 46.3 Å². The summed E-state index contributed by atoms with van der Waals surface area (Å²) in [5.41, 5.74) is 0. The maximum atomic E-state index is 4.59. The maximum Gasteiger partial charge on any atom is 0.108 e. The SMILES string of the molecule is CCCC/C=N/CC(CCC)S[Si](C)(C)C. The van der Waals surface area contributed by atoms with Crippen molar-refractivity contribution >= 4 is 24.6 Å². The molecule has 0 heterocycles. The van der Waals surface area contributed by atoms with E-state index in [4.69, 9.17) is 0 Å². The molecule has 0 aromatic heterocycles. The Balaban J connectivity index is 3.89. The highest BCUT2D eigenvalue weighted by molar-refractivity contribution is 8.29. The van der Waals surface area contributed by atoms with Crippen molar-refractivity contribution < 1.29 is 0 Å². The average molecular weight is 260 g/mol. The molecule has 0 saturated carbocycles. The fourth-order valence-corrected chi connectivity index (χ4v) is 6.68. The van der Waals surface area contributed by atoms with Gasteiger partial charge in [0.2, 0.25) is 0 Å². The van der Waals surface area contributed by atoms with Crippen LogP contribution in [0, 0.1) is 0 Å². The molecule has 16 heavy (non-hydrogen) atoms. The number of nitrogens with zero attached hydrogens (tertiary/aromatic N) is 1. The van der Waals surface area contributed by atoms with Gasteiger partial charge in [0, 0.05) is 11.8 Å². The van der Waals surface area contributed by atoms with Gasteiger partial charge in [-0.15, -0.1) is 0 Å². The molecule has 0 aromatic carbocycles. The quantitative estimate of drug-likeness (QED) is 0.323. The Kier molecular flexibility index (Phi) is 9.42. The summed E-state index contributed by atoms with van der Waals surface area (Å²) in [6, 6.07) is 0. The molecule has 96 valence electrons. The molecule has 3 heteroatoms. The Morgan fingerprint density at radius 2 is 1.88 bits per heavy atom. The summed E-state index contributed by atoms with van der Waals surface area (Å²) in [7, 11) is -0.990. The van der Waals surface area contributed by atoms with E-state index in [9.17, 15) is 0 Å². The lowest BCUT2D eigenvalue weighted by molar-refractivity contribution is 0.745. The van der Waals surface area contributed by atoms with E-state index in [1.807, 2.05) is 0 Å². The Labute approximate surface area is 107 Å². The molecule has 0 aliphatic carbocycles. The standard InChI is InChI=1S/C13H29NSSi/c1-6-8-9-11-14-12-13(10-7-2)15-16(3,4)5/h11,13H,6-10,12H2,1-5H3/b14-11+. The first-order valence-electron chi connectivity index (χ1n) is 6.65. The third-order valence-electron chi connectivity index (χ3n) is 2.26. The van der Waals surface area contributed by atoms with Crippen LogP contribution >= 0.6 is 11.2 Å². The topological polar surface area (TPSA) is 12.4 Å². The summed E-state index contributed by atoms with van der Waals surface area (Å²) < 4.78 is 0. The number of rotatable bonds is 9. The van der Waals surface area contributed by atoms with Crippen LogP contribution in [0.15, 0.2) is 4.99 Å². The number of hydrogen-bond donors (Lipinski definition) is 0. The van der Waals surface area contributed by atoms with Crippen LogP contribution < -0.4 is 0 Å². The molecule has 0 saturated heterocycles. The van der Waals surface area contributed by atoms with Gasteiger partial charge in [-0.2, -0.15) is 11.2 Å². The van der Waals surface area contributed by atoms with Crippen LogP contribution in [0.4, 0.5) is 0 Å². The molecular formula is C13H29NSSi. The van der Waals surface area contributed by atoms with Crippen LogP contribution in [0.1, 0.15) is 46.0 Å². The molecule has 0 radical (unpaired) electrons. The molecule has 0 spiro atoms. The molecule has 0 rings (SSSR count). The molecule has 0 aliphatic rings. The Bertz CT molecular complexity index is 187. The first-order valence-corrected chi connectivity index (χ1v) is 11.8. The molecule has 0 amide bonds. The van der Waals surface area contributed by atoms with Crippen molar-refractivity contribution in [3.05, 3.63) is 0 Å². The molecule has 1 nitrogen and oxygen atoms in total. The Morgan fingerprint density at radius 1 is 1.19 bits per heavy atom. The minimum atomic E-state index is -0.990. The minimum Gasteiger partial charge on any atom is -0.296 e. The summed E-state index contributed by atoms with van der Waals surface area (Å²) in [4.78, 5) is 4.59. The highest BCUT2D eigenvalue weighted by Crippen LogP contribution is 2.27. The van der Waals surface area contributed by atoms with Gasteiger partial charge in [-0.25, -0.2) is 0 Å². The lowest BCUT2D eigenvalue weighted by Crippen LogP contribution is -2.22. The van der Waals surface area contributed by atoms with Crippen LogP contribution in [0.3, 0.4) is 0 Å². The van der Waals surface area contributed by atoms with Crippen LogP contribution in [-0.2, 0) is 0 Å². The van der Waals surface area contributed by atoms with Gasteiger partial charge in [0.05, 0.1) is 0 Å². The van der Waals surface area contributed by atoms with Crippen molar-refractivity contribution in [1.29, 1.82) is 0 Å². The maximum absolute atomic E-state index is 4.59. The van der Waals surface area contributed by atoms with Crippen LogP contribution in [0.2, 0.25) is 19.6 Å². The molecular weight excluding hydrogens is 230 g/mol. The Hall–Kier alpha value is 0.237. The number of aliphatic imine (C=N–C) groups is 1. The van der Waals surface area contributed by atoms with Crippen LogP contribution in [-0.4, -0.2) is 25.2 Å². The van der Waals surface area contributed by atoms with Gasteiger partial charge in [0.25, 0.3) is 0 Å².